The fraction of sp³-hybridized carbons (Fsp3) is 0.231. The molecule has 0 amide bonds. The van der Waals surface area contributed by atoms with Crippen molar-refractivity contribution in [2.75, 3.05) is 6.61 Å². The first-order valence-corrected chi connectivity index (χ1v) is 10.1. The molecule has 1 aromatic heterocycles. The van der Waals surface area contributed by atoms with Gasteiger partial charge in [-0.2, -0.15) is 5.26 Å². The molecule has 0 atom stereocenters. The largest absolute Gasteiger partial charge is 0.488 e. The fourth-order valence-electron chi connectivity index (χ4n) is 3.05. The van der Waals surface area contributed by atoms with Gasteiger partial charge in [-0.25, -0.2) is 0 Å². The lowest BCUT2D eigenvalue weighted by Gasteiger charge is -2.06. The van der Waals surface area contributed by atoms with Crippen LogP contribution in [0.1, 0.15) is 38.2 Å². The van der Waals surface area contributed by atoms with Crippen molar-refractivity contribution in [3.8, 4) is 34.2 Å². The first kappa shape index (κ1) is 20.4. The van der Waals surface area contributed by atoms with Crippen molar-refractivity contribution < 1.29 is 4.74 Å². The van der Waals surface area contributed by atoms with E-state index in [0.717, 1.165) is 34.6 Å². The van der Waals surface area contributed by atoms with Crippen LogP contribution in [0.15, 0.2) is 79.0 Å². The highest BCUT2D eigenvalue weighted by molar-refractivity contribution is 5.69. The minimum Gasteiger partial charge on any atom is -0.488 e. The lowest BCUT2D eigenvalue weighted by Crippen LogP contribution is -1.94. The summed E-state index contributed by atoms with van der Waals surface area (Å²) in [7, 11) is 0. The molecule has 3 rings (SSSR count). The first-order chi connectivity index (χ1) is 14.3. The topological polar surface area (TPSA) is 45.9 Å². The number of ether oxygens (including phenoxy) is 1. The Labute approximate surface area is 173 Å². The second-order valence-electron chi connectivity index (χ2n) is 6.92. The van der Waals surface area contributed by atoms with Gasteiger partial charge in [0.15, 0.2) is 0 Å². The van der Waals surface area contributed by atoms with Gasteiger partial charge in [-0.3, -0.25) is 4.98 Å². The summed E-state index contributed by atoms with van der Waals surface area (Å²) in [5.41, 5.74) is 4.85. The van der Waals surface area contributed by atoms with Crippen LogP contribution in [0, 0.1) is 11.3 Å². The van der Waals surface area contributed by atoms with Crippen LogP contribution >= 0.6 is 0 Å². The molecule has 3 aromatic rings. The molecule has 0 bridgehead atoms. The number of allylic oxidation sites excluding steroid dienone is 1. The van der Waals surface area contributed by atoms with Gasteiger partial charge in [0, 0.05) is 5.56 Å². The van der Waals surface area contributed by atoms with Gasteiger partial charge in [-0.15, -0.1) is 0 Å². The van der Waals surface area contributed by atoms with Crippen LogP contribution in [0.5, 0.6) is 5.75 Å². The van der Waals surface area contributed by atoms with Crippen molar-refractivity contribution in [1.29, 1.82) is 5.26 Å². The Balaban J connectivity index is 1.56. The fourth-order valence-corrected chi connectivity index (χ4v) is 3.05. The van der Waals surface area contributed by atoms with Crippen LogP contribution < -0.4 is 4.74 Å². The SMILES string of the molecule is CCCCCC=CCOc1ccc(-c2ccc(-c3ccc(C#N)cc3)cc2)nc1. The standard InChI is InChI=1S/C26H26N2O/c1-2-3-4-5-6-7-18-29-25-16-17-26(28-20-25)24-14-12-23(13-15-24)22-10-8-21(19-27)9-11-22/h6-17,20H,2-5,18H2,1H3. The number of unbranched alkanes of at least 4 members (excludes halogenated alkanes) is 3. The molecule has 0 aliphatic rings. The van der Waals surface area contributed by atoms with E-state index >= 15 is 0 Å². The Morgan fingerprint density at radius 3 is 2.17 bits per heavy atom. The predicted molar refractivity (Wildman–Crippen MR) is 119 cm³/mol. The summed E-state index contributed by atoms with van der Waals surface area (Å²) < 4.78 is 5.73. The third-order valence-corrected chi connectivity index (χ3v) is 4.75. The van der Waals surface area contributed by atoms with Crippen LogP contribution in [0.2, 0.25) is 0 Å². The maximum absolute atomic E-state index is 8.91. The number of hydrogen-bond donors (Lipinski definition) is 0. The van der Waals surface area contributed by atoms with E-state index in [1.807, 2.05) is 36.4 Å². The molecule has 1 heterocycles. The first-order valence-electron chi connectivity index (χ1n) is 10.1. The Morgan fingerprint density at radius 2 is 1.55 bits per heavy atom. The maximum atomic E-state index is 8.91. The van der Waals surface area contributed by atoms with Gasteiger partial charge in [-0.05, 0) is 48.2 Å². The van der Waals surface area contributed by atoms with Crippen molar-refractivity contribution in [3.63, 3.8) is 0 Å². The number of rotatable bonds is 9. The second-order valence-corrected chi connectivity index (χ2v) is 6.92. The minimum atomic E-state index is 0.576. The summed E-state index contributed by atoms with van der Waals surface area (Å²) in [4.78, 5) is 4.53. The van der Waals surface area contributed by atoms with Gasteiger partial charge in [0.2, 0.25) is 0 Å². The van der Waals surface area contributed by atoms with Crippen LogP contribution in [-0.2, 0) is 0 Å². The molecular weight excluding hydrogens is 356 g/mol. The molecule has 29 heavy (non-hydrogen) atoms. The molecule has 3 heteroatoms. The Bertz CT molecular complexity index is 950. The molecule has 0 saturated carbocycles. The van der Waals surface area contributed by atoms with E-state index in [-0.39, 0.29) is 0 Å². The van der Waals surface area contributed by atoms with Crippen molar-refractivity contribution >= 4 is 0 Å². The maximum Gasteiger partial charge on any atom is 0.138 e. The zero-order valence-corrected chi connectivity index (χ0v) is 16.8. The van der Waals surface area contributed by atoms with Crippen LogP contribution in [0.3, 0.4) is 0 Å². The van der Waals surface area contributed by atoms with Crippen molar-refractivity contribution in [2.45, 2.75) is 32.6 Å². The normalized spacial score (nSPS) is 10.8. The monoisotopic (exact) mass is 382 g/mol. The molecule has 0 aliphatic carbocycles. The van der Waals surface area contributed by atoms with Gasteiger partial charge in [0.25, 0.3) is 0 Å². The van der Waals surface area contributed by atoms with E-state index in [9.17, 15) is 0 Å². The summed E-state index contributed by atoms with van der Waals surface area (Å²) >= 11 is 0. The molecule has 0 aliphatic heterocycles. The van der Waals surface area contributed by atoms with E-state index in [2.05, 4.69) is 54.4 Å². The summed E-state index contributed by atoms with van der Waals surface area (Å²) in [6.45, 7) is 2.79. The molecule has 0 unspecified atom stereocenters. The minimum absolute atomic E-state index is 0.576. The molecule has 0 radical (unpaired) electrons. The zero-order chi connectivity index (χ0) is 20.3. The smallest absolute Gasteiger partial charge is 0.138 e. The van der Waals surface area contributed by atoms with E-state index < -0.39 is 0 Å². The summed E-state index contributed by atoms with van der Waals surface area (Å²) in [5.74, 6) is 0.779. The summed E-state index contributed by atoms with van der Waals surface area (Å²) in [6.07, 6.45) is 10.9. The summed E-state index contributed by atoms with van der Waals surface area (Å²) in [6, 6.07) is 22.0. The Hall–Kier alpha value is -3.38. The van der Waals surface area contributed by atoms with E-state index in [1.165, 1.54) is 19.3 Å². The van der Waals surface area contributed by atoms with Gasteiger partial charge in [-0.1, -0.05) is 68.3 Å². The summed E-state index contributed by atoms with van der Waals surface area (Å²) in [5, 5.41) is 8.91. The third-order valence-electron chi connectivity index (χ3n) is 4.75. The quantitative estimate of drug-likeness (QED) is 0.302. The highest BCUT2D eigenvalue weighted by atomic mass is 16.5. The molecule has 0 fully saturated rings. The van der Waals surface area contributed by atoms with E-state index in [1.54, 1.807) is 6.20 Å². The average molecular weight is 383 g/mol. The van der Waals surface area contributed by atoms with Crippen LogP contribution in [0.25, 0.3) is 22.4 Å². The van der Waals surface area contributed by atoms with Crippen molar-refractivity contribution in [3.05, 3.63) is 84.6 Å². The van der Waals surface area contributed by atoms with E-state index in [4.69, 9.17) is 10.00 Å². The van der Waals surface area contributed by atoms with Crippen molar-refractivity contribution in [2.24, 2.45) is 0 Å². The number of benzene rings is 2. The number of nitriles is 1. The predicted octanol–water partition coefficient (Wildman–Crippen LogP) is 6.80. The van der Waals surface area contributed by atoms with Gasteiger partial charge in [0.1, 0.15) is 12.4 Å². The zero-order valence-electron chi connectivity index (χ0n) is 16.8. The Kier molecular flexibility index (Phi) is 7.60. The van der Waals surface area contributed by atoms with Gasteiger partial charge >= 0.3 is 0 Å². The number of hydrogen-bond acceptors (Lipinski definition) is 3. The molecule has 146 valence electrons. The Morgan fingerprint density at radius 1 is 0.862 bits per heavy atom. The molecule has 3 nitrogen and oxygen atoms in total. The highest BCUT2D eigenvalue weighted by Gasteiger charge is 2.03. The van der Waals surface area contributed by atoms with Crippen LogP contribution in [-0.4, -0.2) is 11.6 Å². The number of aromatic nitrogens is 1. The third kappa shape index (κ3) is 6.05. The highest BCUT2D eigenvalue weighted by Crippen LogP contribution is 2.25. The second kappa shape index (κ2) is 10.8. The van der Waals surface area contributed by atoms with Crippen molar-refractivity contribution in [1.82, 2.24) is 4.98 Å². The van der Waals surface area contributed by atoms with Crippen LogP contribution in [0.4, 0.5) is 0 Å². The molecule has 0 saturated heterocycles. The lowest BCUT2D eigenvalue weighted by atomic mass is 10.0. The molecule has 0 N–H and O–H groups in total. The number of nitrogens with zero attached hydrogens (tertiary/aromatic N) is 2. The molecule has 0 spiro atoms. The van der Waals surface area contributed by atoms with E-state index in [0.29, 0.717) is 12.2 Å². The molecule has 2 aromatic carbocycles. The molecular formula is C26H26N2O. The van der Waals surface area contributed by atoms with Gasteiger partial charge < -0.3 is 4.74 Å². The number of pyridine rings is 1. The average Bonchev–Trinajstić information content (AvgIpc) is 2.79. The lowest BCUT2D eigenvalue weighted by molar-refractivity contribution is 0.361. The van der Waals surface area contributed by atoms with Gasteiger partial charge in [0.05, 0.1) is 23.5 Å².